The van der Waals surface area contributed by atoms with Crippen molar-refractivity contribution in [2.24, 2.45) is 4.99 Å². The SMILES string of the molecule is O=C(NNc1ccc([N+](=O)[O-])cc1[N+](=O)[O-])C1CCC=N1. The van der Waals surface area contributed by atoms with Crippen LogP contribution in [0.2, 0.25) is 0 Å². The molecule has 2 N–H and O–H groups in total. The first-order valence-electron chi connectivity index (χ1n) is 5.99. The fraction of sp³-hybridized carbons (Fsp3) is 0.273. The Morgan fingerprint density at radius 1 is 1.29 bits per heavy atom. The summed E-state index contributed by atoms with van der Waals surface area (Å²) in [6.07, 6.45) is 2.92. The third kappa shape index (κ3) is 3.29. The van der Waals surface area contributed by atoms with Crippen molar-refractivity contribution in [1.29, 1.82) is 0 Å². The van der Waals surface area contributed by atoms with Crippen LogP contribution in [-0.4, -0.2) is 28.0 Å². The van der Waals surface area contributed by atoms with Crippen LogP contribution < -0.4 is 10.9 Å². The number of amides is 1. The average Bonchev–Trinajstić information content (AvgIpc) is 2.98. The molecule has 1 heterocycles. The first-order chi connectivity index (χ1) is 9.99. The molecule has 1 aliphatic heterocycles. The molecule has 110 valence electrons. The topological polar surface area (TPSA) is 140 Å². The smallest absolute Gasteiger partial charge is 0.292 e. The van der Waals surface area contributed by atoms with Gasteiger partial charge < -0.3 is 0 Å². The lowest BCUT2D eigenvalue weighted by Crippen LogP contribution is -2.36. The Labute approximate surface area is 118 Å². The van der Waals surface area contributed by atoms with Gasteiger partial charge in [0.1, 0.15) is 11.7 Å². The second kappa shape index (κ2) is 5.94. The summed E-state index contributed by atoms with van der Waals surface area (Å²) in [6, 6.07) is 2.57. The van der Waals surface area contributed by atoms with Crippen molar-refractivity contribution < 1.29 is 14.6 Å². The monoisotopic (exact) mass is 293 g/mol. The first-order valence-corrected chi connectivity index (χ1v) is 5.99. The van der Waals surface area contributed by atoms with Crippen LogP contribution in [0, 0.1) is 20.2 Å². The van der Waals surface area contributed by atoms with Crippen molar-refractivity contribution in [2.45, 2.75) is 18.9 Å². The molecule has 10 nitrogen and oxygen atoms in total. The standard InChI is InChI=1S/C11H11N5O5/c17-11(9-2-1-5-12-9)14-13-8-4-3-7(15(18)19)6-10(8)16(20)21/h3-6,9,13H,1-2H2,(H,14,17). The van der Waals surface area contributed by atoms with Crippen LogP contribution in [0.5, 0.6) is 0 Å². The molecule has 0 saturated carbocycles. The molecule has 0 aromatic heterocycles. The Hall–Kier alpha value is -3.04. The number of benzene rings is 1. The number of hydrazine groups is 1. The van der Waals surface area contributed by atoms with Gasteiger partial charge in [0.15, 0.2) is 0 Å². The van der Waals surface area contributed by atoms with Crippen LogP contribution in [-0.2, 0) is 4.79 Å². The lowest BCUT2D eigenvalue weighted by atomic mass is 10.2. The molecule has 0 saturated heterocycles. The molecule has 1 aromatic rings. The molecule has 10 heteroatoms. The van der Waals surface area contributed by atoms with Gasteiger partial charge in [-0.15, -0.1) is 0 Å². The van der Waals surface area contributed by atoms with E-state index in [9.17, 15) is 25.0 Å². The maximum atomic E-state index is 11.7. The number of nitrogens with zero attached hydrogens (tertiary/aromatic N) is 3. The summed E-state index contributed by atoms with van der Waals surface area (Å²) >= 11 is 0. The van der Waals surface area contributed by atoms with Crippen molar-refractivity contribution in [3.63, 3.8) is 0 Å². The molecule has 0 radical (unpaired) electrons. The Bertz CT molecular complexity index is 629. The van der Waals surface area contributed by atoms with E-state index in [4.69, 9.17) is 0 Å². The van der Waals surface area contributed by atoms with E-state index >= 15 is 0 Å². The number of hydrogen-bond donors (Lipinski definition) is 2. The second-order valence-corrected chi connectivity index (χ2v) is 4.25. The lowest BCUT2D eigenvalue weighted by molar-refractivity contribution is -0.393. The lowest BCUT2D eigenvalue weighted by Gasteiger charge is -2.11. The summed E-state index contributed by atoms with van der Waals surface area (Å²) in [5, 5.41) is 21.5. The zero-order chi connectivity index (χ0) is 15.4. The fourth-order valence-corrected chi connectivity index (χ4v) is 1.81. The molecular formula is C11H11N5O5. The third-order valence-corrected chi connectivity index (χ3v) is 2.87. The highest BCUT2D eigenvalue weighted by Crippen LogP contribution is 2.28. The molecule has 0 fully saturated rings. The zero-order valence-corrected chi connectivity index (χ0v) is 10.7. The van der Waals surface area contributed by atoms with E-state index in [1.807, 2.05) is 0 Å². The molecule has 0 spiro atoms. The van der Waals surface area contributed by atoms with E-state index in [-0.39, 0.29) is 5.69 Å². The van der Waals surface area contributed by atoms with E-state index < -0.39 is 33.2 Å². The summed E-state index contributed by atoms with van der Waals surface area (Å²) in [5.41, 5.74) is 3.76. The first kappa shape index (κ1) is 14.4. The van der Waals surface area contributed by atoms with E-state index in [1.54, 1.807) is 6.21 Å². The van der Waals surface area contributed by atoms with Crippen LogP contribution in [0.4, 0.5) is 17.1 Å². The largest absolute Gasteiger partial charge is 0.300 e. The maximum absolute atomic E-state index is 11.7. The molecule has 1 aromatic carbocycles. The third-order valence-electron chi connectivity index (χ3n) is 2.87. The van der Waals surface area contributed by atoms with Crippen LogP contribution in [0.25, 0.3) is 0 Å². The molecule has 21 heavy (non-hydrogen) atoms. The van der Waals surface area contributed by atoms with E-state index in [2.05, 4.69) is 15.8 Å². The van der Waals surface area contributed by atoms with Gasteiger partial charge in [0, 0.05) is 6.07 Å². The van der Waals surface area contributed by atoms with Gasteiger partial charge in [-0.3, -0.25) is 40.9 Å². The normalized spacial score (nSPS) is 16.5. The van der Waals surface area contributed by atoms with E-state index in [1.165, 1.54) is 0 Å². The summed E-state index contributed by atoms with van der Waals surface area (Å²) in [4.78, 5) is 35.7. The minimum atomic E-state index is -0.769. The van der Waals surface area contributed by atoms with Crippen molar-refractivity contribution in [3.8, 4) is 0 Å². The number of carbonyl (C=O) groups excluding carboxylic acids is 1. The van der Waals surface area contributed by atoms with Crippen molar-refractivity contribution in [2.75, 3.05) is 5.43 Å². The second-order valence-electron chi connectivity index (χ2n) is 4.25. The number of hydrogen-bond acceptors (Lipinski definition) is 7. The van der Waals surface area contributed by atoms with Gasteiger partial charge in [0.25, 0.3) is 11.6 Å². The molecule has 0 aliphatic carbocycles. The molecular weight excluding hydrogens is 282 g/mol. The molecule has 1 unspecified atom stereocenters. The highest BCUT2D eigenvalue weighted by molar-refractivity contribution is 5.86. The average molecular weight is 293 g/mol. The van der Waals surface area contributed by atoms with Gasteiger partial charge in [-0.25, -0.2) is 0 Å². The van der Waals surface area contributed by atoms with Crippen LogP contribution in [0.15, 0.2) is 23.2 Å². The number of nitrogens with one attached hydrogen (secondary N) is 2. The Kier molecular flexibility index (Phi) is 4.07. The molecule has 0 bridgehead atoms. The Morgan fingerprint density at radius 2 is 2.05 bits per heavy atom. The minimum Gasteiger partial charge on any atom is -0.292 e. The van der Waals surface area contributed by atoms with Crippen LogP contribution >= 0.6 is 0 Å². The number of anilines is 1. The number of aliphatic imine (C=N–C) groups is 1. The number of rotatable bonds is 5. The predicted octanol–water partition coefficient (Wildman–Crippen LogP) is 1.18. The zero-order valence-electron chi connectivity index (χ0n) is 10.7. The minimum absolute atomic E-state index is 0.0408. The summed E-state index contributed by atoms with van der Waals surface area (Å²) in [7, 11) is 0. The summed E-state index contributed by atoms with van der Waals surface area (Å²) in [5.74, 6) is -0.420. The maximum Gasteiger partial charge on any atom is 0.300 e. The van der Waals surface area contributed by atoms with Gasteiger partial charge in [0.05, 0.1) is 15.9 Å². The van der Waals surface area contributed by atoms with Gasteiger partial charge in [-0.05, 0) is 25.1 Å². The Morgan fingerprint density at radius 3 is 2.62 bits per heavy atom. The van der Waals surface area contributed by atoms with Crippen molar-refractivity contribution in [3.05, 3.63) is 38.4 Å². The van der Waals surface area contributed by atoms with Gasteiger partial charge in [-0.2, -0.15) is 0 Å². The molecule has 1 amide bonds. The van der Waals surface area contributed by atoms with Crippen molar-refractivity contribution in [1.82, 2.24) is 5.43 Å². The predicted molar refractivity (Wildman–Crippen MR) is 73.0 cm³/mol. The number of nitro benzene ring substituents is 2. The summed E-state index contributed by atoms with van der Waals surface area (Å²) < 4.78 is 0. The van der Waals surface area contributed by atoms with Crippen LogP contribution in [0.1, 0.15) is 12.8 Å². The van der Waals surface area contributed by atoms with E-state index in [0.29, 0.717) is 12.8 Å². The highest BCUT2D eigenvalue weighted by Gasteiger charge is 2.22. The van der Waals surface area contributed by atoms with E-state index in [0.717, 1.165) is 18.2 Å². The quantitative estimate of drug-likeness (QED) is 0.617. The van der Waals surface area contributed by atoms with Gasteiger partial charge in [-0.1, -0.05) is 0 Å². The number of nitro groups is 2. The van der Waals surface area contributed by atoms with Gasteiger partial charge in [0.2, 0.25) is 0 Å². The number of non-ortho nitro benzene ring substituents is 1. The summed E-state index contributed by atoms with van der Waals surface area (Å²) in [6.45, 7) is 0. The molecule has 1 aliphatic rings. The fourth-order valence-electron chi connectivity index (χ4n) is 1.81. The molecule has 1 atom stereocenters. The van der Waals surface area contributed by atoms with Gasteiger partial charge >= 0.3 is 5.69 Å². The highest BCUT2D eigenvalue weighted by atomic mass is 16.6. The molecule has 2 rings (SSSR count). The number of carbonyl (C=O) groups is 1. The Balaban J connectivity index is 2.12. The van der Waals surface area contributed by atoms with Crippen molar-refractivity contribution >= 4 is 29.2 Å². The van der Waals surface area contributed by atoms with Crippen LogP contribution in [0.3, 0.4) is 0 Å².